The van der Waals surface area contributed by atoms with Crippen LogP contribution in [0.15, 0.2) is 79.0 Å². The summed E-state index contributed by atoms with van der Waals surface area (Å²) in [6.45, 7) is 0. The third-order valence-electron chi connectivity index (χ3n) is 5.03. The molecule has 0 bridgehead atoms. The summed E-state index contributed by atoms with van der Waals surface area (Å²) >= 11 is 0. The Morgan fingerprint density at radius 3 is 2.68 bits per heavy atom. The standard InChI is InChI=1S/C24H17FN4O2/c1-31-23-11-10-22-26-21(14-29(22)28-23)17-8-9-19(25)20(13-17)27-24(30)18-7-6-15-4-2-3-5-16(15)12-18/h2-14H,1H3,(H,27,30). The van der Waals surface area contributed by atoms with E-state index in [0.717, 1.165) is 10.8 Å². The lowest BCUT2D eigenvalue weighted by molar-refractivity contribution is 0.102. The molecule has 2 aromatic heterocycles. The summed E-state index contributed by atoms with van der Waals surface area (Å²) in [6, 6.07) is 21.1. The Bertz CT molecular complexity index is 1440. The molecule has 0 fully saturated rings. The van der Waals surface area contributed by atoms with Crippen LogP contribution in [0.2, 0.25) is 0 Å². The molecule has 0 saturated carbocycles. The molecule has 0 aliphatic carbocycles. The topological polar surface area (TPSA) is 68.5 Å². The number of rotatable bonds is 4. The predicted molar refractivity (Wildman–Crippen MR) is 117 cm³/mol. The molecule has 0 aliphatic heterocycles. The van der Waals surface area contributed by atoms with E-state index in [1.165, 1.54) is 13.2 Å². The summed E-state index contributed by atoms with van der Waals surface area (Å²) in [4.78, 5) is 17.3. The maximum Gasteiger partial charge on any atom is 0.255 e. The summed E-state index contributed by atoms with van der Waals surface area (Å²) in [5.74, 6) is -0.455. The van der Waals surface area contributed by atoms with E-state index >= 15 is 0 Å². The van der Waals surface area contributed by atoms with Crippen molar-refractivity contribution in [2.24, 2.45) is 0 Å². The number of fused-ring (bicyclic) bond motifs is 2. The number of hydrogen-bond donors (Lipinski definition) is 1. The van der Waals surface area contributed by atoms with Crippen LogP contribution in [-0.2, 0) is 0 Å². The molecule has 0 saturated heterocycles. The molecule has 0 aliphatic rings. The van der Waals surface area contributed by atoms with E-state index in [9.17, 15) is 9.18 Å². The average Bonchev–Trinajstić information content (AvgIpc) is 3.23. The molecule has 6 nitrogen and oxygen atoms in total. The highest BCUT2D eigenvalue weighted by Crippen LogP contribution is 2.26. The Morgan fingerprint density at radius 1 is 1.00 bits per heavy atom. The highest BCUT2D eigenvalue weighted by molar-refractivity contribution is 6.06. The van der Waals surface area contributed by atoms with Gasteiger partial charge in [-0.2, -0.15) is 0 Å². The van der Waals surface area contributed by atoms with Gasteiger partial charge in [0.25, 0.3) is 5.91 Å². The summed E-state index contributed by atoms with van der Waals surface area (Å²) < 4.78 is 21.2. The maximum atomic E-state index is 14.4. The number of nitrogens with one attached hydrogen (secondary N) is 1. The number of carbonyl (C=O) groups excluding carboxylic acids is 1. The molecule has 5 aromatic rings. The second-order valence-electron chi connectivity index (χ2n) is 7.02. The lowest BCUT2D eigenvalue weighted by atomic mass is 10.1. The zero-order valence-electron chi connectivity index (χ0n) is 16.5. The van der Waals surface area contributed by atoms with E-state index in [0.29, 0.717) is 28.3 Å². The van der Waals surface area contributed by atoms with Gasteiger partial charge in [-0.25, -0.2) is 13.9 Å². The smallest absolute Gasteiger partial charge is 0.255 e. The zero-order chi connectivity index (χ0) is 21.4. The van der Waals surface area contributed by atoms with Crippen LogP contribution in [0.25, 0.3) is 27.7 Å². The number of benzene rings is 3. The fraction of sp³-hybridized carbons (Fsp3) is 0.0417. The molecule has 1 amide bonds. The van der Waals surface area contributed by atoms with Gasteiger partial charge >= 0.3 is 0 Å². The molecular weight excluding hydrogens is 395 g/mol. The van der Waals surface area contributed by atoms with Gasteiger partial charge in [0.2, 0.25) is 5.88 Å². The average molecular weight is 412 g/mol. The number of amides is 1. The van der Waals surface area contributed by atoms with E-state index in [1.807, 2.05) is 30.3 Å². The highest BCUT2D eigenvalue weighted by atomic mass is 19.1. The molecule has 0 atom stereocenters. The van der Waals surface area contributed by atoms with Crippen LogP contribution in [-0.4, -0.2) is 27.6 Å². The number of aromatic nitrogens is 3. The molecule has 0 unspecified atom stereocenters. The van der Waals surface area contributed by atoms with E-state index in [4.69, 9.17) is 4.74 Å². The van der Waals surface area contributed by atoms with Gasteiger partial charge < -0.3 is 10.1 Å². The summed E-state index contributed by atoms with van der Waals surface area (Å²) in [7, 11) is 1.54. The normalized spacial score (nSPS) is 11.0. The molecule has 0 radical (unpaired) electrons. The van der Waals surface area contributed by atoms with Gasteiger partial charge in [-0.15, -0.1) is 5.10 Å². The van der Waals surface area contributed by atoms with Gasteiger partial charge in [-0.3, -0.25) is 4.79 Å². The van der Waals surface area contributed by atoms with Crippen molar-refractivity contribution in [3.8, 4) is 17.1 Å². The summed E-state index contributed by atoms with van der Waals surface area (Å²) in [5, 5.41) is 8.92. The van der Waals surface area contributed by atoms with Gasteiger partial charge in [0.05, 0.1) is 24.7 Å². The van der Waals surface area contributed by atoms with E-state index in [2.05, 4.69) is 15.4 Å². The number of nitrogens with zero attached hydrogens (tertiary/aromatic N) is 3. The Hall–Kier alpha value is -4.26. The fourth-order valence-electron chi connectivity index (χ4n) is 3.42. The zero-order valence-corrected chi connectivity index (χ0v) is 16.5. The highest BCUT2D eigenvalue weighted by Gasteiger charge is 2.13. The summed E-state index contributed by atoms with van der Waals surface area (Å²) in [6.07, 6.45) is 1.72. The van der Waals surface area contributed by atoms with E-state index in [-0.39, 0.29) is 11.6 Å². The molecule has 152 valence electrons. The predicted octanol–water partition coefficient (Wildman–Crippen LogP) is 4.95. The molecule has 3 aromatic carbocycles. The quantitative estimate of drug-likeness (QED) is 0.454. The van der Waals surface area contributed by atoms with Crippen molar-refractivity contribution in [2.75, 3.05) is 12.4 Å². The number of anilines is 1. The van der Waals surface area contributed by atoms with Crippen molar-refractivity contribution >= 4 is 28.0 Å². The van der Waals surface area contributed by atoms with Crippen LogP contribution in [0.1, 0.15) is 10.4 Å². The first kappa shape index (κ1) is 18.7. The third-order valence-corrected chi connectivity index (χ3v) is 5.03. The Morgan fingerprint density at radius 2 is 1.84 bits per heavy atom. The van der Waals surface area contributed by atoms with Gasteiger partial charge in [0.1, 0.15) is 5.82 Å². The molecule has 0 spiro atoms. The molecule has 7 heteroatoms. The molecule has 1 N–H and O–H groups in total. The van der Waals surface area contributed by atoms with Crippen molar-refractivity contribution in [2.45, 2.75) is 0 Å². The fourth-order valence-corrected chi connectivity index (χ4v) is 3.42. The first-order chi connectivity index (χ1) is 15.1. The first-order valence-corrected chi connectivity index (χ1v) is 9.61. The van der Waals surface area contributed by atoms with Crippen LogP contribution in [0, 0.1) is 5.82 Å². The van der Waals surface area contributed by atoms with Crippen LogP contribution in [0.3, 0.4) is 0 Å². The molecule has 2 heterocycles. The minimum absolute atomic E-state index is 0.0817. The second kappa shape index (κ2) is 7.53. The van der Waals surface area contributed by atoms with Gasteiger partial charge in [-0.1, -0.05) is 30.3 Å². The van der Waals surface area contributed by atoms with Crippen LogP contribution >= 0.6 is 0 Å². The number of halogens is 1. The van der Waals surface area contributed by atoms with Crippen molar-refractivity contribution in [3.05, 3.63) is 90.4 Å². The van der Waals surface area contributed by atoms with Crippen LogP contribution < -0.4 is 10.1 Å². The lowest BCUT2D eigenvalue weighted by Crippen LogP contribution is -2.13. The maximum absolute atomic E-state index is 14.4. The van der Waals surface area contributed by atoms with Crippen LogP contribution in [0.4, 0.5) is 10.1 Å². The number of carbonyl (C=O) groups is 1. The van der Waals surface area contributed by atoms with Crippen molar-refractivity contribution in [1.82, 2.24) is 14.6 Å². The Labute approximate surface area is 176 Å². The second-order valence-corrected chi connectivity index (χ2v) is 7.02. The monoisotopic (exact) mass is 412 g/mol. The molecule has 31 heavy (non-hydrogen) atoms. The number of methoxy groups -OCH3 is 1. The van der Waals surface area contributed by atoms with E-state index in [1.54, 1.807) is 47.1 Å². The Kier molecular flexibility index (Phi) is 4.55. The summed E-state index contributed by atoms with van der Waals surface area (Å²) in [5.41, 5.74) is 2.41. The number of hydrogen-bond acceptors (Lipinski definition) is 4. The minimum Gasteiger partial charge on any atom is -0.480 e. The SMILES string of the molecule is COc1ccc2nc(-c3ccc(F)c(NC(=O)c4ccc5ccccc5c4)c3)cn2n1. The van der Waals surface area contributed by atoms with Gasteiger partial charge in [-0.05, 0) is 47.2 Å². The molecular formula is C24H17FN4O2. The third kappa shape index (κ3) is 3.57. The van der Waals surface area contributed by atoms with Gasteiger partial charge in [0.15, 0.2) is 5.65 Å². The number of imidazole rings is 1. The van der Waals surface area contributed by atoms with Gasteiger partial charge in [0, 0.05) is 17.2 Å². The Balaban J connectivity index is 1.46. The largest absolute Gasteiger partial charge is 0.480 e. The number of ether oxygens (including phenoxy) is 1. The van der Waals surface area contributed by atoms with Crippen molar-refractivity contribution in [3.63, 3.8) is 0 Å². The van der Waals surface area contributed by atoms with Crippen molar-refractivity contribution < 1.29 is 13.9 Å². The lowest BCUT2D eigenvalue weighted by Gasteiger charge is -2.09. The van der Waals surface area contributed by atoms with Crippen LogP contribution in [0.5, 0.6) is 5.88 Å². The minimum atomic E-state index is -0.526. The van der Waals surface area contributed by atoms with E-state index < -0.39 is 5.82 Å². The molecule has 5 rings (SSSR count). The first-order valence-electron chi connectivity index (χ1n) is 9.61. The van der Waals surface area contributed by atoms with Crippen molar-refractivity contribution in [1.29, 1.82) is 0 Å².